The maximum absolute atomic E-state index is 11.4. The highest BCUT2D eigenvalue weighted by molar-refractivity contribution is 5.78. The van der Waals surface area contributed by atoms with Crippen LogP contribution >= 0.6 is 0 Å². The highest BCUT2D eigenvalue weighted by atomic mass is 16.3. The van der Waals surface area contributed by atoms with Gasteiger partial charge in [-0.3, -0.25) is 9.78 Å². The molecule has 1 heterocycles. The van der Waals surface area contributed by atoms with Crippen molar-refractivity contribution in [3.05, 3.63) is 30.1 Å². The van der Waals surface area contributed by atoms with Gasteiger partial charge in [-0.1, -0.05) is 18.9 Å². The third-order valence-electron chi connectivity index (χ3n) is 3.33. The van der Waals surface area contributed by atoms with Crippen molar-refractivity contribution >= 4 is 5.91 Å². The van der Waals surface area contributed by atoms with Gasteiger partial charge in [-0.25, -0.2) is 0 Å². The number of hydrogen-bond donors (Lipinski definition) is 2. The van der Waals surface area contributed by atoms with Gasteiger partial charge in [-0.2, -0.15) is 0 Å². The summed E-state index contributed by atoms with van der Waals surface area (Å²) >= 11 is 0. The second-order valence-electron chi connectivity index (χ2n) is 4.34. The minimum absolute atomic E-state index is 0.437. The van der Waals surface area contributed by atoms with Gasteiger partial charge in [-0.05, 0) is 25.0 Å². The van der Waals surface area contributed by atoms with E-state index in [4.69, 9.17) is 5.73 Å². The predicted octanol–water partition coefficient (Wildman–Crippen LogP) is 0.945. The topological polar surface area (TPSA) is 76.2 Å². The Balaban J connectivity index is 2.37. The quantitative estimate of drug-likeness (QED) is 0.779. The Morgan fingerprint density at radius 1 is 1.50 bits per heavy atom. The van der Waals surface area contributed by atoms with Crippen LogP contribution in [0.15, 0.2) is 24.4 Å². The van der Waals surface area contributed by atoms with Crippen LogP contribution in [0.4, 0.5) is 0 Å². The van der Waals surface area contributed by atoms with Crippen LogP contribution in [0.25, 0.3) is 0 Å². The lowest BCUT2D eigenvalue weighted by Crippen LogP contribution is -2.45. The van der Waals surface area contributed by atoms with E-state index in [1.807, 2.05) is 6.07 Å². The number of carbonyl (C=O) groups is 1. The van der Waals surface area contributed by atoms with E-state index in [1.54, 1.807) is 18.3 Å². The zero-order valence-corrected chi connectivity index (χ0v) is 9.10. The summed E-state index contributed by atoms with van der Waals surface area (Å²) in [6, 6.07) is 5.35. The molecule has 1 aromatic rings. The Bertz CT molecular complexity index is 380. The van der Waals surface area contributed by atoms with Gasteiger partial charge < -0.3 is 10.8 Å². The Labute approximate surface area is 94.5 Å². The summed E-state index contributed by atoms with van der Waals surface area (Å²) in [6.07, 6.45) is 4.65. The Kier molecular flexibility index (Phi) is 2.92. The molecule has 1 fully saturated rings. The van der Waals surface area contributed by atoms with Crippen LogP contribution in [0, 0.1) is 5.92 Å². The van der Waals surface area contributed by atoms with E-state index in [1.165, 1.54) is 0 Å². The van der Waals surface area contributed by atoms with E-state index in [2.05, 4.69) is 4.98 Å². The molecule has 0 bridgehead atoms. The molecule has 0 radical (unpaired) electrons. The minimum Gasteiger partial charge on any atom is -0.383 e. The Morgan fingerprint density at radius 2 is 2.31 bits per heavy atom. The second-order valence-corrected chi connectivity index (χ2v) is 4.34. The molecule has 1 aromatic heterocycles. The molecule has 4 nitrogen and oxygen atoms in total. The molecular weight excluding hydrogens is 204 g/mol. The van der Waals surface area contributed by atoms with Crippen molar-refractivity contribution < 1.29 is 9.90 Å². The molecule has 0 aliphatic heterocycles. The number of nitrogens with two attached hydrogens (primary N) is 1. The molecule has 1 aliphatic carbocycles. The van der Waals surface area contributed by atoms with E-state index in [9.17, 15) is 9.90 Å². The predicted molar refractivity (Wildman–Crippen MR) is 59.3 cm³/mol. The number of amides is 1. The summed E-state index contributed by atoms with van der Waals surface area (Å²) < 4.78 is 0. The fourth-order valence-corrected chi connectivity index (χ4v) is 2.46. The highest BCUT2D eigenvalue weighted by Gasteiger charge is 2.44. The van der Waals surface area contributed by atoms with Crippen molar-refractivity contribution in [3.63, 3.8) is 0 Å². The molecule has 1 saturated carbocycles. The van der Waals surface area contributed by atoms with Gasteiger partial charge in [-0.15, -0.1) is 0 Å². The maximum atomic E-state index is 11.4. The van der Waals surface area contributed by atoms with E-state index in [0.29, 0.717) is 18.5 Å². The van der Waals surface area contributed by atoms with Crippen molar-refractivity contribution in [2.45, 2.75) is 31.3 Å². The van der Waals surface area contributed by atoms with Gasteiger partial charge in [0.15, 0.2) is 0 Å². The molecular formula is C12H16N2O2. The summed E-state index contributed by atoms with van der Waals surface area (Å²) in [5.41, 5.74) is 4.73. The summed E-state index contributed by atoms with van der Waals surface area (Å²) in [5, 5.41) is 10.6. The molecule has 4 heteroatoms. The van der Waals surface area contributed by atoms with Crippen LogP contribution in [0.2, 0.25) is 0 Å². The molecule has 0 saturated heterocycles. The van der Waals surface area contributed by atoms with Crippen LogP contribution in [-0.4, -0.2) is 16.0 Å². The molecule has 86 valence electrons. The number of aliphatic hydroxyl groups is 1. The Morgan fingerprint density at radius 3 is 2.94 bits per heavy atom. The van der Waals surface area contributed by atoms with E-state index in [0.717, 1.165) is 12.8 Å². The smallest absolute Gasteiger partial charge is 0.223 e. The fourth-order valence-electron chi connectivity index (χ4n) is 2.46. The van der Waals surface area contributed by atoms with Crippen molar-refractivity contribution in [2.75, 3.05) is 0 Å². The lowest BCUT2D eigenvalue weighted by Gasteiger charge is -2.37. The highest BCUT2D eigenvalue weighted by Crippen LogP contribution is 2.40. The monoisotopic (exact) mass is 220 g/mol. The van der Waals surface area contributed by atoms with Gasteiger partial charge in [0, 0.05) is 6.20 Å². The molecule has 1 aliphatic rings. The molecule has 1 amide bonds. The lowest BCUT2D eigenvalue weighted by molar-refractivity contribution is -0.137. The number of nitrogens with zero attached hydrogens (tertiary/aromatic N) is 1. The van der Waals surface area contributed by atoms with Crippen molar-refractivity contribution in [3.8, 4) is 0 Å². The van der Waals surface area contributed by atoms with Crippen LogP contribution < -0.4 is 5.73 Å². The molecule has 16 heavy (non-hydrogen) atoms. The van der Waals surface area contributed by atoms with Crippen molar-refractivity contribution in [1.82, 2.24) is 4.98 Å². The SMILES string of the molecule is NC(=O)C1CCCCC1(O)c1ccccn1. The number of aromatic nitrogens is 1. The normalized spacial score (nSPS) is 29.9. The number of pyridine rings is 1. The van der Waals surface area contributed by atoms with Crippen molar-refractivity contribution in [1.29, 1.82) is 0 Å². The molecule has 0 spiro atoms. The first-order valence-electron chi connectivity index (χ1n) is 5.58. The summed E-state index contributed by atoms with van der Waals surface area (Å²) in [4.78, 5) is 15.5. The van der Waals surface area contributed by atoms with Crippen LogP contribution in [-0.2, 0) is 10.4 Å². The molecule has 3 N–H and O–H groups in total. The number of carbonyl (C=O) groups excluding carboxylic acids is 1. The van der Waals surface area contributed by atoms with Crippen LogP contribution in [0.5, 0.6) is 0 Å². The van der Waals surface area contributed by atoms with Crippen molar-refractivity contribution in [2.24, 2.45) is 11.7 Å². The molecule has 2 unspecified atom stereocenters. The first-order chi connectivity index (χ1) is 7.64. The number of primary amides is 1. The fraction of sp³-hybridized carbons (Fsp3) is 0.500. The third kappa shape index (κ3) is 1.80. The minimum atomic E-state index is -1.18. The summed E-state index contributed by atoms with van der Waals surface area (Å²) in [7, 11) is 0. The molecule has 2 rings (SSSR count). The van der Waals surface area contributed by atoms with Gasteiger partial charge in [0.05, 0.1) is 11.6 Å². The number of hydrogen-bond acceptors (Lipinski definition) is 3. The largest absolute Gasteiger partial charge is 0.383 e. The standard InChI is InChI=1S/C12H16N2O2/c13-11(15)9-5-1-3-7-12(9,16)10-6-2-4-8-14-10/h2,4,6,8-9,16H,1,3,5,7H2,(H2,13,15). The van der Waals surface area contributed by atoms with E-state index < -0.39 is 17.4 Å². The van der Waals surface area contributed by atoms with Gasteiger partial charge in [0.25, 0.3) is 0 Å². The molecule has 0 aromatic carbocycles. The van der Waals surface area contributed by atoms with Crippen LogP contribution in [0.1, 0.15) is 31.4 Å². The lowest BCUT2D eigenvalue weighted by atomic mass is 9.73. The third-order valence-corrected chi connectivity index (χ3v) is 3.33. The first-order valence-corrected chi connectivity index (χ1v) is 5.58. The average molecular weight is 220 g/mol. The zero-order chi connectivity index (χ0) is 11.6. The van der Waals surface area contributed by atoms with Gasteiger partial charge in [0.1, 0.15) is 5.60 Å². The summed E-state index contributed by atoms with van der Waals surface area (Å²) in [5.74, 6) is -0.955. The van der Waals surface area contributed by atoms with E-state index in [-0.39, 0.29) is 0 Å². The maximum Gasteiger partial charge on any atom is 0.223 e. The van der Waals surface area contributed by atoms with Gasteiger partial charge in [0.2, 0.25) is 5.91 Å². The Hall–Kier alpha value is -1.42. The first kappa shape index (κ1) is 11.1. The zero-order valence-electron chi connectivity index (χ0n) is 9.10. The van der Waals surface area contributed by atoms with E-state index >= 15 is 0 Å². The molecule has 2 atom stereocenters. The number of rotatable bonds is 2. The summed E-state index contributed by atoms with van der Waals surface area (Å²) in [6.45, 7) is 0. The second kappa shape index (κ2) is 4.22. The average Bonchev–Trinajstić information content (AvgIpc) is 2.30. The van der Waals surface area contributed by atoms with Gasteiger partial charge >= 0.3 is 0 Å². The van der Waals surface area contributed by atoms with Crippen LogP contribution in [0.3, 0.4) is 0 Å².